The summed E-state index contributed by atoms with van der Waals surface area (Å²) in [6.07, 6.45) is -0.0585. The summed E-state index contributed by atoms with van der Waals surface area (Å²) in [5.41, 5.74) is 0.148. The Balaban J connectivity index is 1.46. The number of imidazole rings is 1. The van der Waals surface area contributed by atoms with Crippen LogP contribution in [0.5, 0.6) is 5.75 Å². The van der Waals surface area contributed by atoms with E-state index in [-0.39, 0.29) is 29.3 Å². The highest BCUT2D eigenvalue weighted by molar-refractivity contribution is 5.85. The lowest BCUT2D eigenvalue weighted by Crippen LogP contribution is -2.35. The lowest BCUT2D eigenvalue weighted by Gasteiger charge is -2.26. The second-order valence-electron chi connectivity index (χ2n) is 7.26. The first kappa shape index (κ1) is 19.5. The molecule has 0 spiro atoms. The number of hydrogen-bond acceptors (Lipinski definition) is 6. The molecule has 1 saturated heterocycles. The van der Waals surface area contributed by atoms with Gasteiger partial charge in [-0.05, 0) is 31.0 Å². The topological polar surface area (TPSA) is 79.8 Å². The van der Waals surface area contributed by atoms with Gasteiger partial charge in [0.2, 0.25) is 0 Å². The zero-order valence-corrected chi connectivity index (χ0v) is 16.0. The maximum atomic E-state index is 13.8. The van der Waals surface area contributed by atoms with Crippen molar-refractivity contribution >= 4 is 27.9 Å². The van der Waals surface area contributed by atoms with Crippen molar-refractivity contribution in [3.05, 3.63) is 48.4 Å². The third-order valence-corrected chi connectivity index (χ3v) is 5.30. The minimum atomic E-state index is -4.65. The number of rotatable bonds is 4. The molecular weight excluding hydrogens is 416 g/mol. The van der Waals surface area contributed by atoms with E-state index in [0.29, 0.717) is 23.5 Å². The average Bonchev–Trinajstić information content (AvgIpc) is 3.40. The number of fused-ring (bicyclic) bond motifs is 2. The molecule has 31 heavy (non-hydrogen) atoms. The minimum Gasteiger partial charge on any atom is -0.491 e. The van der Waals surface area contributed by atoms with Crippen molar-refractivity contribution in [1.82, 2.24) is 24.9 Å². The summed E-state index contributed by atoms with van der Waals surface area (Å²) in [5, 5.41) is 0.189. The maximum Gasteiger partial charge on any atom is 0.433 e. The number of halogens is 4. The molecule has 0 aliphatic carbocycles. The highest BCUT2D eigenvalue weighted by atomic mass is 19.4. The number of pyridine rings is 1. The number of aromatic nitrogens is 5. The molecule has 0 radical (unpaired) electrons. The van der Waals surface area contributed by atoms with Gasteiger partial charge in [-0.1, -0.05) is 0 Å². The van der Waals surface area contributed by atoms with Crippen molar-refractivity contribution in [2.75, 3.05) is 18.1 Å². The van der Waals surface area contributed by atoms with E-state index in [1.165, 1.54) is 18.7 Å². The zero-order chi connectivity index (χ0) is 21.6. The van der Waals surface area contributed by atoms with E-state index >= 15 is 0 Å². The quantitative estimate of drug-likeness (QED) is 0.489. The molecule has 160 valence electrons. The van der Waals surface area contributed by atoms with Crippen LogP contribution < -0.4 is 9.64 Å². The van der Waals surface area contributed by atoms with Gasteiger partial charge in [0.15, 0.2) is 11.5 Å². The number of ether oxygens (including phenoxy) is 1. The fourth-order valence-corrected chi connectivity index (χ4v) is 3.87. The van der Waals surface area contributed by atoms with E-state index in [2.05, 4.69) is 24.9 Å². The molecule has 1 aromatic carbocycles. The van der Waals surface area contributed by atoms with Crippen LogP contribution >= 0.6 is 0 Å². The van der Waals surface area contributed by atoms with Gasteiger partial charge < -0.3 is 14.6 Å². The summed E-state index contributed by atoms with van der Waals surface area (Å²) in [6, 6.07) is 4.09. The monoisotopic (exact) mass is 432 g/mol. The van der Waals surface area contributed by atoms with E-state index in [1.807, 2.05) is 4.90 Å². The first-order valence-corrected chi connectivity index (χ1v) is 9.61. The molecule has 1 atom stereocenters. The van der Waals surface area contributed by atoms with Crippen molar-refractivity contribution in [3.8, 4) is 5.75 Å². The number of nitrogens with one attached hydrogen (secondary N) is 1. The van der Waals surface area contributed by atoms with Crippen molar-refractivity contribution in [2.45, 2.75) is 25.1 Å². The fourth-order valence-electron chi connectivity index (χ4n) is 3.87. The molecule has 11 heteroatoms. The number of aromatic amines is 1. The summed E-state index contributed by atoms with van der Waals surface area (Å²) < 4.78 is 59.5. The highest BCUT2D eigenvalue weighted by Gasteiger charge is 2.34. The van der Waals surface area contributed by atoms with Gasteiger partial charge in [0.05, 0.1) is 17.9 Å². The number of H-pyrrole nitrogens is 1. The van der Waals surface area contributed by atoms with Gasteiger partial charge in [0.1, 0.15) is 35.7 Å². The van der Waals surface area contributed by atoms with Crippen molar-refractivity contribution in [2.24, 2.45) is 0 Å². The summed E-state index contributed by atoms with van der Waals surface area (Å²) in [6.45, 7) is 0.801. The predicted molar refractivity (Wildman–Crippen MR) is 104 cm³/mol. The molecule has 3 aromatic heterocycles. The number of nitrogens with zero attached hydrogens (tertiary/aromatic N) is 5. The molecule has 4 aromatic rings. The normalized spacial score (nSPS) is 17.0. The lowest BCUT2D eigenvalue weighted by atomic mass is 10.1. The smallest absolute Gasteiger partial charge is 0.433 e. The van der Waals surface area contributed by atoms with Crippen molar-refractivity contribution in [3.63, 3.8) is 0 Å². The zero-order valence-electron chi connectivity index (χ0n) is 16.0. The number of benzene rings is 1. The van der Waals surface area contributed by atoms with Crippen LogP contribution in [-0.4, -0.2) is 44.1 Å². The van der Waals surface area contributed by atoms with Crippen LogP contribution in [0.25, 0.3) is 22.1 Å². The van der Waals surface area contributed by atoms with Crippen LogP contribution in [0.1, 0.15) is 18.5 Å². The third kappa shape index (κ3) is 3.60. The second kappa shape index (κ2) is 7.33. The molecule has 1 N–H and O–H groups in total. The Morgan fingerprint density at radius 3 is 2.87 bits per heavy atom. The Labute approximate surface area is 173 Å². The van der Waals surface area contributed by atoms with Crippen molar-refractivity contribution < 1.29 is 22.3 Å². The van der Waals surface area contributed by atoms with Crippen molar-refractivity contribution in [1.29, 1.82) is 0 Å². The largest absolute Gasteiger partial charge is 0.491 e. The first-order chi connectivity index (χ1) is 14.9. The van der Waals surface area contributed by atoms with Gasteiger partial charge in [-0.3, -0.25) is 0 Å². The molecular formula is C20H16F4N6O. The third-order valence-electron chi connectivity index (χ3n) is 5.30. The van der Waals surface area contributed by atoms with Crippen LogP contribution in [0.4, 0.5) is 23.4 Å². The standard InChI is InChI=1S/C20H16F4N6O/c21-11-3-4-14-13(6-11)15(7-16(29-14)20(22,23)24)31-8-12-2-1-5-30(12)19-17-18(26-9-25-17)27-10-28-19/h3-4,6-7,9-10,12H,1-2,5,8H2,(H,25,26,27,28)/t12-/m1/s1. The summed E-state index contributed by atoms with van der Waals surface area (Å²) in [7, 11) is 0. The van der Waals surface area contributed by atoms with E-state index < -0.39 is 17.7 Å². The molecule has 1 aliphatic heterocycles. The summed E-state index contributed by atoms with van der Waals surface area (Å²) in [4.78, 5) is 21.3. The molecule has 0 amide bonds. The van der Waals surface area contributed by atoms with Crippen LogP contribution in [0.2, 0.25) is 0 Å². The molecule has 4 heterocycles. The number of hydrogen-bond donors (Lipinski definition) is 1. The first-order valence-electron chi connectivity index (χ1n) is 9.61. The highest BCUT2D eigenvalue weighted by Crippen LogP contribution is 2.35. The fraction of sp³-hybridized carbons (Fsp3) is 0.300. The van der Waals surface area contributed by atoms with Gasteiger partial charge in [-0.25, -0.2) is 24.3 Å². The Hall–Kier alpha value is -3.50. The molecule has 1 aliphatic rings. The van der Waals surface area contributed by atoms with E-state index in [9.17, 15) is 17.6 Å². The van der Waals surface area contributed by atoms with Gasteiger partial charge in [0, 0.05) is 18.0 Å². The van der Waals surface area contributed by atoms with Gasteiger partial charge in [0.25, 0.3) is 0 Å². The average molecular weight is 432 g/mol. The van der Waals surface area contributed by atoms with Crippen LogP contribution in [0.3, 0.4) is 0 Å². The van der Waals surface area contributed by atoms with E-state index in [1.54, 1.807) is 0 Å². The number of alkyl halides is 3. The predicted octanol–water partition coefficient (Wildman–Crippen LogP) is 4.11. The Morgan fingerprint density at radius 2 is 2.03 bits per heavy atom. The van der Waals surface area contributed by atoms with E-state index in [0.717, 1.165) is 31.0 Å². The van der Waals surface area contributed by atoms with Crippen LogP contribution in [0.15, 0.2) is 36.9 Å². The summed E-state index contributed by atoms with van der Waals surface area (Å²) >= 11 is 0. The Morgan fingerprint density at radius 1 is 1.16 bits per heavy atom. The molecule has 7 nitrogen and oxygen atoms in total. The molecule has 5 rings (SSSR count). The maximum absolute atomic E-state index is 13.8. The van der Waals surface area contributed by atoms with Gasteiger partial charge in [-0.2, -0.15) is 13.2 Å². The molecule has 0 saturated carbocycles. The Kier molecular flexibility index (Phi) is 4.60. The minimum absolute atomic E-state index is 0.0172. The van der Waals surface area contributed by atoms with Gasteiger partial charge >= 0.3 is 6.18 Å². The van der Waals surface area contributed by atoms with Crippen LogP contribution in [0, 0.1) is 5.82 Å². The molecule has 0 bridgehead atoms. The second-order valence-corrected chi connectivity index (χ2v) is 7.26. The Bertz CT molecular complexity index is 1260. The molecule has 0 unspecified atom stereocenters. The number of anilines is 1. The SMILES string of the molecule is Fc1ccc2nc(C(F)(F)F)cc(OC[C@H]3CCCN3c3ncnc4[nH]cnc34)c2c1. The van der Waals surface area contributed by atoms with Crippen LogP contribution in [-0.2, 0) is 6.18 Å². The lowest BCUT2D eigenvalue weighted by molar-refractivity contribution is -0.141. The molecule has 1 fully saturated rings. The van der Waals surface area contributed by atoms with E-state index in [4.69, 9.17) is 4.74 Å². The van der Waals surface area contributed by atoms with Gasteiger partial charge in [-0.15, -0.1) is 0 Å². The summed E-state index contributed by atoms with van der Waals surface area (Å²) in [5.74, 6) is -0.00134.